The Hall–Kier alpha value is -2.31. The van der Waals surface area contributed by atoms with Gasteiger partial charge in [-0.1, -0.05) is 48.9 Å². The Morgan fingerprint density at radius 1 is 1.04 bits per heavy atom. The molecule has 0 unspecified atom stereocenters. The minimum atomic E-state index is -3.82. The molecule has 0 amide bonds. The van der Waals surface area contributed by atoms with Crippen LogP contribution in [0.25, 0.3) is 11.5 Å². The van der Waals surface area contributed by atoms with Crippen LogP contribution in [0.3, 0.4) is 0 Å². The fraction of sp³-hybridized carbons (Fsp3) is 0.286. The van der Waals surface area contributed by atoms with E-state index >= 15 is 0 Å². The van der Waals surface area contributed by atoms with E-state index in [1.54, 1.807) is 42.5 Å². The largest absolute Gasteiger partial charge is 0.419 e. The van der Waals surface area contributed by atoms with Gasteiger partial charge in [-0.3, -0.25) is 0 Å². The lowest BCUT2D eigenvalue weighted by molar-refractivity contribution is 0.416. The van der Waals surface area contributed by atoms with Gasteiger partial charge in [0.25, 0.3) is 0 Å². The highest BCUT2D eigenvalue weighted by atomic mass is 35.5. The normalized spacial score (nSPS) is 15.7. The van der Waals surface area contributed by atoms with Crippen molar-refractivity contribution in [2.75, 3.05) is 18.0 Å². The second kappa shape index (κ2) is 7.60. The lowest BCUT2D eigenvalue weighted by Gasteiger charge is -2.30. The Kier molecular flexibility index (Phi) is 5.17. The van der Waals surface area contributed by atoms with E-state index in [1.165, 1.54) is 0 Å². The Morgan fingerprint density at radius 2 is 1.68 bits per heavy atom. The Morgan fingerprint density at radius 3 is 2.36 bits per heavy atom. The average molecular weight is 417 g/mol. The van der Waals surface area contributed by atoms with Crippen LogP contribution in [0, 0.1) is 5.92 Å². The number of rotatable bonds is 4. The van der Waals surface area contributed by atoms with Gasteiger partial charge < -0.3 is 9.32 Å². The Labute approximate surface area is 169 Å². The van der Waals surface area contributed by atoms with Crippen molar-refractivity contribution in [1.82, 2.24) is 4.98 Å². The first-order valence-electron chi connectivity index (χ1n) is 9.27. The first kappa shape index (κ1) is 19.0. The first-order valence-corrected chi connectivity index (χ1v) is 11.1. The van der Waals surface area contributed by atoms with E-state index < -0.39 is 9.84 Å². The molecule has 0 N–H and O–H groups in total. The van der Waals surface area contributed by atoms with Crippen molar-refractivity contribution in [2.45, 2.75) is 29.7 Å². The molecule has 0 bridgehead atoms. The van der Waals surface area contributed by atoms with E-state index in [1.807, 2.05) is 17.0 Å². The standard InChI is InChI=1S/C21H21ClN2O3S/c1-15-11-13-24(14-12-15)21-20(28(25,26)16-7-3-2-4-8-16)23-19(27-21)17-9-5-6-10-18(17)22/h2-10,15H,11-14H2,1H3. The molecule has 3 aromatic rings. The van der Waals surface area contributed by atoms with Gasteiger partial charge in [-0.2, -0.15) is 4.98 Å². The summed E-state index contributed by atoms with van der Waals surface area (Å²) >= 11 is 6.29. The third-order valence-corrected chi connectivity index (χ3v) is 7.06. The molecule has 146 valence electrons. The summed E-state index contributed by atoms with van der Waals surface area (Å²) < 4.78 is 32.6. The highest BCUT2D eigenvalue weighted by molar-refractivity contribution is 7.91. The topological polar surface area (TPSA) is 63.4 Å². The Balaban J connectivity index is 1.85. The van der Waals surface area contributed by atoms with Gasteiger partial charge >= 0.3 is 0 Å². The van der Waals surface area contributed by atoms with Gasteiger partial charge in [-0.05, 0) is 43.0 Å². The van der Waals surface area contributed by atoms with Crippen LogP contribution in [-0.2, 0) is 9.84 Å². The zero-order valence-electron chi connectivity index (χ0n) is 15.5. The highest BCUT2D eigenvalue weighted by Gasteiger charge is 2.32. The minimum absolute atomic E-state index is 0.0526. The lowest BCUT2D eigenvalue weighted by Crippen LogP contribution is -2.33. The zero-order chi connectivity index (χ0) is 19.7. The molecule has 2 heterocycles. The third kappa shape index (κ3) is 3.54. The average Bonchev–Trinajstić information content (AvgIpc) is 3.15. The van der Waals surface area contributed by atoms with Gasteiger partial charge in [0, 0.05) is 13.1 Å². The molecule has 4 rings (SSSR count). The molecule has 1 fully saturated rings. The van der Waals surface area contributed by atoms with Crippen LogP contribution in [0.4, 0.5) is 5.88 Å². The smallest absolute Gasteiger partial charge is 0.236 e. The van der Waals surface area contributed by atoms with Gasteiger partial charge in [0.05, 0.1) is 15.5 Å². The maximum absolute atomic E-state index is 13.3. The summed E-state index contributed by atoms with van der Waals surface area (Å²) in [5, 5.41) is 0.411. The summed E-state index contributed by atoms with van der Waals surface area (Å²) in [6.45, 7) is 3.67. The van der Waals surface area contributed by atoms with Crippen molar-refractivity contribution in [2.24, 2.45) is 5.92 Å². The molecule has 2 aromatic carbocycles. The second-order valence-corrected chi connectivity index (χ2v) is 9.37. The van der Waals surface area contributed by atoms with Gasteiger partial charge in [-0.15, -0.1) is 0 Å². The van der Waals surface area contributed by atoms with E-state index in [-0.39, 0.29) is 15.8 Å². The van der Waals surface area contributed by atoms with Crippen LogP contribution in [0.1, 0.15) is 19.8 Å². The van der Waals surface area contributed by atoms with E-state index in [0.717, 1.165) is 25.9 Å². The molecule has 1 aliphatic heterocycles. The predicted molar refractivity (Wildman–Crippen MR) is 109 cm³/mol. The lowest BCUT2D eigenvalue weighted by atomic mass is 9.99. The van der Waals surface area contributed by atoms with Crippen molar-refractivity contribution in [3.63, 3.8) is 0 Å². The molecule has 1 aromatic heterocycles. The SMILES string of the molecule is CC1CCN(c2oc(-c3ccccc3Cl)nc2S(=O)(=O)c2ccccc2)CC1. The number of benzene rings is 2. The van der Waals surface area contributed by atoms with Gasteiger partial charge in [0.2, 0.25) is 26.6 Å². The zero-order valence-corrected chi connectivity index (χ0v) is 17.1. The molecular formula is C21H21ClN2O3S. The number of hydrogen-bond donors (Lipinski definition) is 0. The summed E-state index contributed by atoms with van der Waals surface area (Å²) in [5.41, 5.74) is 0.574. The number of piperidine rings is 1. The summed E-state index contributed by atoms with van der Waals surface area (Å²) in [5.74, 6) is 1.12. The molecule has 28 heavy (non-hydrogen) atoms. The molecular weight excluding hydrogens is 396 g/mol. The van der Waals surface area contributed by atoms with E-state index in [2.05, 4.69) is 11.9 Å². The van der Waals surface area contributed by atoms with E-state index in [0.29, 0.717) is 22.4 Å². The number of halogens is 1. The van der Waals surface area contributed by atoms with Crippen LogP contribution in [0.15, 0.2) is 68.9 Å². The summed E-state index contributed by atoms with van der Waals surface area (Å²) in [6, 6.07) is 15.5. The number of nitrogens with zero attached hydrogens (tertiary/aromatic N) is 2. The fourth-order valence-corrected chi connectivity index (χ4v) is 4.90. The Bertz CT molecular complexity index is 1070. The second-order valence-electron chi connectivity index (χ2n) is 7.10. The van der Waals surface area contributed by atoms with Crippen molar-refractivity contribution < 1.29 is 12.8 Å². The summed E-state index contributed by atoms with van der Waals surface area (Å²) in [4.78, 5) is 6.57. The molecule has 0 saturated carbocycles. The first-order chi connectivity index (χ1) is 13.5. The van der Waals surface area contributed by atoms with Gasteiger partial charge in [0.15, 0.2) is 0 Å². The van der Waals surface area contributed by atoms with Crippen LogP contribution in [0.5, 0.6) is 0 Å². The van der Waals surface area contributed by atoms with Crippen LogP contribution in [0.2, 0.25) is 5.02 Å². The molecule has 5 nitrogen and oxygen atoms in total. The monoisotopic (exact) mass is 416 g/mol. The molecule has 0 spiro atoms. The van der Waals surface area contributed by atoms with Crippen molar-refractivity contribution >= 4 is 27.3 Å². The van der Waals surface area contributed by atoms with Crippen LogP contribution < -0.4 is 4.90 Å². The summed E-state index contributed by atoms with van der Waals surface area (Å²) in [7, 11) is -3.82. The van der Waals surface area contributed by atoms with Gasteiger partial charge in [-0.25, -0.2) is 8.42 Å². The quantitative estimate of drug-likeness (QED) is 0.594. The van der Waals surface area contributed by atoms with Gasteiger partial charge in [0.1, 0.15) is 0 Å². The summed E-state index contributed by atoms with van der Waals surface area (Å²) in [6.07, 6.45) is 1.96. The molecule has 0 radical (unpaired) electrons. The van der Waals surface area contributed by atoms with Crippen LogP contribution >= 0.6 is 11.6 Å². The predicted octanol–water partition coefficient (Wildman–Crippen LogP) is 5.06. The number of aromatic nitrogens is 1. The minimum Gasteiger partial charge on any atom is -0.419 e. The molecule has 1 aliphatic rings. The van der Waals surface area contributed by atoms with Crippen LogP contribution in [-0.4, -0.2) is 26.5 Å². The molecule has 0 aliphatic carbocycles. The number of sulfone groups is 1. The molecule has 7 heteroatoms. The molecule has 0 atom stereocenters. The number of anilines is 1. The van der Waals surface area contributed by atoms with Crippen molar-refractivity contribution in [3.05, 3.63) is 59.6 Å². The molecule has 1 saturated heterocycles. The maximum Gasteiger partial charge on any atom is 0.236 e. The third-order valence-electron chi connectivity index (χ3n) is 5.06. The van der Waals surface area contributed by atoms with Crippen molar-refractivity contribution in [1.29, 1.82) is 0 Å². The number of hydrogen-bond acceptors (Lipinski definition) is 5. The number of oxazole rings is 1. The maximum atomic E-state index is 13.3. The van der Waals surface area contributed by atoms with E-state index in [9.17, 15) is 8.42 Å². The van der Waals surface area contributed by atoms with E-state index in [4.69, 9.17) is 16.0 Å². The highest BCUT2D eigenvalue weighted by Crippen LogP contribution is 2.38. The van der Waals surface area contributed by atoms with Crippen molar-refractivity contribution in [3.8, 4) is 11.5 Å². The fourth-order valence-electron chi connectivity index (χ4n) is 3.35.